The molecule has 0 spiro atoms. The quantitative estimate of drug-likeness (QED) is 0.487. The molecule has 1 aromatic carbocycles. The minimum Gasteiger partial charge on any atom is -0.465 e. The van der Waals surface area contributed by atoms with Crippen LogP contribution in [0.4, 0.5) is 4.79 Å². The molecule has 0 aliphatic heterocycles. The molecular formula is C21H37N3O2. The fourth-order valence-electron chi connectivity index (χ4n) is 3.19. The summed E-state index contributed by atoms with van der Waals surface area (Å²) in [5.41, 5.74) is 2.27. The molecule has 0 atom stereocenters. The largest absolute Gasteiger partial charge is 0.465 e. The Hall–Kier alpha value is -1.59. The molecule has 0 heterocycles. The highest BCUT2D eigenvalue weighted by Crippen LogP contribution is 2.09. The SMILES string of the molecule is CCCN(CCC)CCCCN(CC)Cc1ccc(CNC(=O)O)cc1. The zero-order valence-electron chi connectivity index (χ0n) is 16.8. The van der Waals surface area contributed by atoms with Gasteiger partial charge in [-0.25, -0.2) is 4.79 Å². The minimum atomic E-state index is -0.984. The Morgan fingerprint density at radius 3 is 1.92 bits per heavy atom. The predicted molar refractivity (Wildman–Crippen MR) is 109 cm³/mol. The number of benzene rings is 1. The van der Waals surface area contributed by atoms with Crippen molar-refractivity contribution in [2.75, 3.05) is 32.7 Å². The smallest absolute Gasteiger partial charge is 0.404 e. The maximum absolute atomic E-state index is 10.5. The average molecular weight is 364 g/mol. The van der Waals surface area contributed by atoms with Gasteiger partial charge in [-0.2, -0.15) is 0 Å². The highest BCUT2D eigenvalue weighted by molar-refractivity contribution is 5.64. The van der Waals surface area contributed by atoms with Gasteiger partial charge >= 0.3 is 6.09 Å². The highest BCUT2D eigenvalue weighted by Gasteiger charge is 2.06. The molecule has 1 amide bonds. The van der Waals surface area contributed by atoms with Crippen LogP contribution in [-0.2, 0) is 13.1 Å². The van der Waals surface area contributed by atoms with Crippen molar-refractivity contribution < 1.29 is 9.90 Å². The first-order valence-corrected chi connectivity index (χ1v) is 10.1. The van der Waals surface area contributed by atoms with Gasteiger partial charge in [-0.1, -0.05) is 45.0 Å². The number of amides is 1. The Balaban J connectivity index is 2.34. The van der Waals surface area contributed by atoms with Gasteiger partial charge in [-0.3, -0.25) is 4.90 Å². The molecule has 5 heteroatoms. The average Bonchev–Trinajstić information content (AvgIpc) is 2.63. The van der Waals surface area contributed by atoms with Crippen LogP contribution in [0.1, 0.15) is 57.6 Å². The molecule has 0 bridgehead atoms. The Bertz CT molecular complexity index is 485. The molecule has 0 aromatic heterocycles. The molecule has 1 aromatic rings. The molecule has 2 N–H and O–H groups in total. The van der Waals surface area contributed by atoms with Crippen molar-refractivity contribution in [3.63, 3.8) is 0 Å². The Kier molecular flexibility index (Phi) is 11.7. The van der Waals surface area contributed by atoms with Crippen molar-refractivity contribution in [3.05, 3.63) is 35.4 Å². The van der Waals surface area contributed by atoms with Crippen molar-refractivity contribution in [2.45, 2.75) is 59.5 Å². The first kappa shape index (κ1) is 22.5. The summed E-state index contributed by atoms with van der Waals surface area (Å²) in [5, 5.41) is 11.1. The van der Waals surface area contributed by atoms with Gasteiger partial charge in [-0.05, 0) is 69.5 Å². The number of carboxylic acid groups (broad SMARTS) is 1. The number of nitrogens with zero attached hydrogens (tertiary/aromatic N) is 2. The Labute approximate surface area is 159 Å². The van der Waals surface area contributed by atoms with Crippen LogP contribution in [0, 0.1) is 0 Å². The molecule has 0 saturated heterocycles. The van der Waals surface area contributed by atoms with Crippen LogP contribution in [0.25, 0.3) is 0 Å². The number of hydrogen-bond donors (Lipinski definition) is 2. The second-order valence-electron chi connectivity index (χ2n) is 6.89. The van der Waals surface area contributed by atoms with Crippen molar-refractivity contribution in [1.29, 1.82) is 0 Å². The highest BCUT2D eigenvalue weighted by atomic mass is 16.4. The lowest BCUT2D eigenvalue weighted by molar-refractivity contribution is 0.194. The van der Waals surface area contributed by atoms with Crippen LogP contribution < -0.4 is 5.32 Å². The second-order valence-corrected chi connectivity index (χ2v) is 6.89. The molecule has 26 heavy (non-hydrogen) atoms. The number of rotatable bonds is 14. The summed E-state index contributed by atoms with van der Waals surface area (Å²) in [6.07, 6.45) is 3.98. The van der Waals surface area contributed by atoms with E-state index in [1.165, 1.54) is 50.9 Å². The predicted octanol–water partition coefficient (Wildman–Crippen LogP) is 4.18. The van der Waals surface area contributed by atoms with Crippen molar-refractivity contribution in [2.24, 2.45) is 0 Å². The zero-order chi connectivity index (χ0) is 19.2. The van der Waals surface area contributed by atoms with Gasteiger partial charge in [0.15, 0.2) is 0 Å². The molecule has 0 unspecified atom stereocenters. The molecular weight excluding hydrogens is 326 g/mol. The van der Waals surface area contributed by atoms with E-state index in [0.29, 0.717) is 6.54 Å². The third-order valence-electron chi connectivity index (χ3n) is 4.60. The Morgan fingerprint density at radius 1 is 0.885 bits per heavy atom. The van der Waals surface area contributed by atoms with Gasteiger partial charge in [0.25, 0.3) is 0 Å². The van der Waals surface area contributed by atoms with Gasteiger partial charge < -0.3 is 15.3 Å². The third-order valence-corrected chi connectivity index (χ3v) is 4.60. The molecule has 5 nitrogen and oxygen atoms in total. The van der Waals surface area contributed by atoms with Crippen LogP contribution in [0.15, 0.2) is 24.3 Å². The summed E-state index contributed by atoms with van der Waals surface area (Å²) in [4.78, 5) is 15.6. The second kappa shape index (κ2) is 13.6. The summed E-state index contributed by atoms with van der Waals surface area (Å²) in [6.45, 7) is 13.9. The van der Waals surface area contributed by atoms with Crippen molar-refractivity contribution >= 4 is 6.09 Å². The van der Waals surface area contributed by atoms with Gasteiger partial charge in [-0.15, -0.1) is 0 Å². The lowest BCUT2D eigenvalue weighted by atomic mass is 10.1. The molecule has 148 valence electrons. The van der Waals surface area contributed by atoms with Crippen LogP contribution in [0.2, 0.25) is 0 Å². The van der Waals surface area contributed by atoms with E-state index in [1.807, 2.05) is 12.1 Å². The van der Waals surface area contributed by atoms with Crippen LogP contribution >= 0.6 is 0 Å². The summed E-state index contributed by atoms with van der Waals surface area (Å²) in [6, 6.07) is 8.22. The first-order valence-electron chi connectivity index (χ1n) is 10.1. The van der Waals surface area contributed by atoms with Crippen LogP contribution in [0.5, 0.6) is 0 Å². The van der Waals surface area contributed by atoms with Crippen molar-refractivity contribution in [1.82, 2.24) is 15.1 Å². The summed E-state index contributed by atoms with van der Waals surface area (Å²) in [7, 11) is 0. The summed E-state index contributed by atoms with van der Waals surface area (Å²) < 4.78 is 0. The molecule has 1 rings (SSSR count). The number of carbonyl (C=O) groups is 1. The fourth-order valence-corrected chi connectivity index (χ4v) is 3.19. The summed E-state index contributed by atoms with van der Waals surface area (Å²) in [5.74, 6) is 0. The topological polar surface area (TPSA) is 55.8 Å². The third kappa shape index (κ3) is 9.78. The maximum atomic E-state index is 10.5. The lowest BCUT2D eigenvalue weighted by Crippen LogP contribution is -2.28. The number of hydrogen-bond acceptors (Lipinski definition) is 3. The molecule has 0 aliphatic carbocycles. The normalized spacial score (nSPS) is 11.3. The van der Waals surface area contributed by atoms with E-state index in [9.17, 15) is 4.79 Å². The van der Waals surface area contributed by atoms with E-state index in [1.54, 1.807) is 0 Å². The van der Waals surface area contributed by atoms with E-state index in [-0.39, 0.29) is 0 Å². The van der Waals surface area contributed by atoms with E-state index in [4.69, 9.17) is 5.11 Å². The van der Waals surface area contributed by atoms with Gasteiger partial charge in [0.1, 0.15) is 0 Å². The lowest BCUT2D eigenvalue weighted by Gasteiger charge is -2.23. The molecule has 0 saturated carbocycles. The fraction of sp³-hybridized carbons (Fsp3) is 0.667. The molecule has 0 aliphatic rings. The van der Waals surface area contributed by atoms with E-state index in [0.717, 1.165) is 25.2 Å². The van der Waals surface area contributed by atoms with E-state index < -0.39 is 6.09 Å². The number of nitrogens with one attached hydrogen (secondary N) is 1. The van der Waals surface area contributed by atoms with Crippen LogP contribution in [-0.4, -0.2) is 53.7 Å². The monoisotopic (exact) mass is 363 g/mol. The van der Waals surface area contributed by atoms with E-state index in [2.05, 4.69) is 48.0 Å². The van der Waals surface area contributed by atoms with Gasteiger partial charge in [0, 0.05) is 13.1 Å². The first-order chi connectivity index (χ1) is 12.6. The summed E-state index contributed by atoms with van der Waals surface area (Å²) >= 11 is 0. The van der Waals surface area contributed by atoms with Crippen molar-refractivity contribution in [3.8, 4) is 0 Å². The van der Waals surface area contributed by atoms with Gasteiger partial charge in [0.2, 0.25) is 0 Å². The molecule has 0 radical (unpaired) electrons. The number of unbranched alkanes of at least 4 members (excludes halogenated alkanes) is 1. The maximum Gasteiger partial charge on any atom is 0.404 e. The molecule has 0 fully saturated rings. The van der Waals surface area contributed by atoms with E-state index >= 15 is 0 Å². The zero-order valence-corrected chi connectivity index (χ0v) is 16.8. The minimum absolute atomic E-state index is 0.360. The van der Waals surface area contributed by atoms with Crippen LogP contribution in [0.3, 0.4) is 0 Å². The van der Waals surface area contributed by atoms with Gasteiger partial charge in [0.05, 0.1) is 0 Å². The standard InChI is InChI=1S/C21H37N3O2/c1-4-13-24(14-5-2)16-8-7-15-23(6-3)18-20-11-9-19(10-12-20)17-22-21(25)26/h9-12,22H,4-8,13-18H2,1-3H3,(H,25,26). The Morgan fingerprint density at radius 2 is 1.42 bits per heavy atom.